The molecule has 0 atom stereocenters. The minimum absolute atomic E-state index is 0.0503. The maximum atomic E-state index is 12.8. The molecule has 0 saturated heterocycles. The highest BCUT2D eigenvalue weighted by molar-refractivity contribution is 6.00. The van der Waals surface area contributed by atoms with Gasteiger partial charge < -0.3 is 4.74 Å². The van der Waals surface area contributed by atoms with Crippen LogP contribution in [0.5, 0.6) is 5.75 Å². The van der Waals surface area contributed by atoms with Gasteiger partial charge in [-0.2, -0.15) is 0 Å². The Bertz CT molecular complexity index is 1050. The van der Waals surface area contributed by atoms with E-state index in [-0.39, 0.29) is 5.56 Å². The highest BCUT2D eigenvalue weighted by atomic mass is 16.5. The molecular formula is C18H13NO2. The fourth-order valence-electron chi connectivity index (χ4n) is 2.90. The highest BCUT2D eigenvalue weighted by Gasteiger charge is 2.10. The van der Waals surface area contributed by atoms with Gasteiger partial charge in [-0.15, -0.1) is 0 Å². The molecule has 2 aromatic carbocycles. The molecule has 4 aromatic rings. The van der Waals surface area contributed by atoms with Crippen LogP contribution < -0.4 is 10.3 Å². The van der Waals surface area contributed by atoms with Gasteiger partial charge in [0.2, 0.25) is 0 Å². The van der Waals surface area contributed by atoms with Gasteiger partial charge in [0.15, 0.2) is 0 Å². The predicted molar refractivity (Wildman–Crippen MR) is 85.2 cm³/mol. The lowest BCUT2D eigenvalue weighted by Crippen LogP contribution is -2.14. The van der Waals surface area contributed by atoms with Crippen LogP contribution in [0.25, 0.3) is 27.1 Å². The third-order valence-electron chi connectivity index (χ3n) is 3.90. The smallest absolute Gasteiger partial charge is 0.266 e. The van der Waals surface area contributed by atoms with E-state index in [1.54, 1.807) is 11.5 Å². The number of ether oxygens (including phenoxy) is 1. The summed E-state index contributed by atoms with van der Waals surface area (Å²) in [6.45, 7) is 0. The second-order valence-electron chi connectivity index (χ2n) is 5.03. The maximum absolute atomic E-state index is 12.8. The zero-order chi connectivity index (χ0) is 14.4. The number of rotatable bonds is 1. The number of nitrogens with zero attached hydrogens (tertiary/aromatic N) is 1. The van der Waals surface area contributed by atoms with Crippen molar-refractivity contribution in [2.75, 3.05) is 7.11 Å². The summed E-state index contributed by atoms with van der Waals surface area (Å²) >= 11 is 0. The first-order valence-electron chi connectivity index (χ1n) is 6.79. The van der Waals surface area contributed by atoms with Gasteiger partial charge in [-0.3, -0.25) is 9.20 Å². The zero-order valence-corrected chi connectivity index (χ0v) is 11.5. The molecule has 0 fully saturated rings. The van der Waals surface area contributed by atoms with Gasteiger partial charge in [0, 0.05) is 11.6 Å². The van der Waals surface area contributed by atoms with Crippen molar-refractivity contribution in [1.82, 2.24) is 4.40 Å². The Kier molecular flexibility index (Phi) is 2.48. The average Bonchev–Trinajstić information content (AvgIpc) is 2.54. The predicted octanol–water partition coefficient (Wildman–Crippen LogP) is 3.61. The topological polar surface area (TPSA) is 30.7 Å². The molecular weight excluding hydrogens is 262 g/mol. The molecule has 0 N–H and O–H groups in total. The minimum atomic E-state index is -0.0503. The number of hydrogen-bond donors (Lipinski definition) is 0. The Morgan fingerprint density at radius 1 is 0.952 bits per heavy atom. The third-order valence-corrected chi connectivity index (χ3v) is 3.90. The van der Waals surface area contributed by atoms with Gasteiger partial charge in [0.1, 0.15) is 5.75 Å². The standard InChI is InChI=1S/C18H13NO2/c1-21-16-8-4-6-13-11-15-14-7-3-2-5-12(14)9-10-19(15)18(20)17(13)16/h2-11H,1H3. The van der Waals surface area contributed by atoms with Gasteiger partial charge in [0.25, 0.3) is 5.56 Å². The summed E-state index contributed by atoms with van der Waals surface area (Å²) in [6.07, 6.45) is 1.83. The SMILES string of the molecule is COc1cccc2cc3c4ccccc4ccn3c(=O)c12. The molecule has 4 rings (SSSR count). The maximum Gasteiger partial charge on any atom is 0.266 e. The number of benzene rings is 2. The summed E-state index contributed by atoms with van der Waals surface area (Å²) in [5, 5.41) is 3.71. The van der Waals surface area contributed by atoms with Crippen molar-refractivity contribution in [2.24, 2.45) is 0 Å². The van der Waals surface area contributed by atoms with Crippen LogP contribution in [-0.4, -0.2) is 11.5 Å². The monoisotopic (exact) mass is 275 g/mol. The molecule has 0 amide bonds. The van der Waals surface area contributed by atoms with E-state index in [2.05, 4.69) is 6.07 Å². The lowest BCUT2D eigenvalue weighted by atomic mass is 10.1. The first-order valence-corrected chi connectivity index (χ1v) is 6.79. The molecule has 2 heterocycles. The van der Waals surface area contributed by atoms with Crippen molar-refractivity contribution in [3.63, 3.8) is 0 Å². The average molecular weight is 275 g/mol. The van der Waals surface area contributed by atoms with Gasteiger partial charge in [-0.1, -0.05) is 36.4 Å². The molecule has 0 radical (unpaired) electrons. The molecule has 0 aliphatic heterocycles. The van der Waals surface area contributed by atoms with Gasteiger partial charge in [0.05, 0.1) is 18.0 Å². The van der Waals surface area contributed by atoms with Gasteiger partial charge in [-0.25, -0.2) is 0 Å². The van der Waals surface area contributed by atoms with Crippen molar-refractivity contribution in [1.29, 1.82) is 0 Å². The molecule has 0 saturated carbocycles. The summed E-state index contributed by atoms with van der Waals surface area (Å²) in [7, 11) is 1.59. The Labute approximate surface area is 121 Å². The van der Waals surface area contributed by atoms with E-state index in [9.17, 15) is 4.79 Å². The Hall–Kier alpha value is -2.81. The van der Waals surface area contributed by atoms with Crippen LogP contribution in [0.2, 0.25) is 0 Å². The Morgan fingerprint density at radius 3 is 2.62 bits per heavy atom. The molecule has 3 heteroatoms. The van der Waals surface area contributed by atoms with Crippen molar-refractivity contribution < 1.29 is 4.74 Å². The van der Waals surface area contributed by atoms with Crippen LogP contribution in [0.15, 0.2) is 65.6 Å². The second kappa shape index (κ2) is 4.35. The molecule has 0 unspecified atom stereocenters. The van der Waals surface area contributed by atoms with Crippen LogP contribution in [0.3, 0.4) is 0 Å². The summed E-state index contributed by atoms with van der Waals surface area (Å²) in [6, 6.07) is 17.8. The summed E-state index contributed by atoms with van der Waals surface area (Å²) < 4.78 is 7.02. The largest absolute Gasteiger partial charge is 0.496 e. The zero-order valence-electron chi connectivity index (χ0n) is 11.5. The van der Waals surface area contributed by atoms with Crippen LogP contribution in [0.4, 0.5) is 0 Å². The second-order valence-corrected chi connectivity index (χ2v) is 5.03. The summed E-state index contributed by atoms with van der Waals surface area (Å²) in [5.41, 5.74) is 0.865. The Morgan fingerprint density at radius 2 is 1.76 bits per heavy atom. The molecule has 2 aromatic heterocycles. The molecule has 0 aliphatic carbocycles. The quantitative estimate of drug-likeness (QED) is 0.392. The van der Waals surface area contributed by atoms with E-state index in [1.165, 1.54) is 0 Å². The summed E-state index contributed by atoms with van der Waals surface area (Å²) in [5.74, 6) is 0.611. The van der Waals surface area contributed by atoms with E-state index >= 15 is 0 Å². The Balaban J connectivity index is 2.30. The third kappa shape index (κ3) is 1.64. The first-order chi connectivity index (χ1) is 10.3. The molecule has 0 bridgehead atoms. The lowest BCUT2D eigenvalue weighted by Gasteiger charge is -2.09. The van der Waals surface area contributed by atoms with Crippen molar-refractivity contribution in [2.45, 2.75) is 0 Å². The van der Waals surface area contributed by atoms with E-state index < -0.39 is 0 Å². The molecule has 0 aliphatic rings. The fraction of sp³-hybridized carbons (Fsp3) is 0.0556. The lowest BCUT2D eigenvalue weighted by molar-refractivity contribution is 0.419. The van der Waals surface area contributed by atoms with Crippen LogP contribution >= 0.6 is 0 Å². The van der Waals surface area contributed by atoms with Crippen molar-refractivity contribution in [3.05, 3.63) is 71.1 Å². The highest BCUT2D eigenvalue weighted by Crippen LogP contribution is 2.26. The van der Waals surface area contributed by atoms with E-state index in [0.29, 0.717) is 11.1 Å². The molecule has 102 valence electrons. The minimum Gasteiger partial charge on any atom is -0.496 e. The number of fused-ring (bicyclic) bond motifs is 4. The van der Waals surface area contributed by atoms with Crippen LogP contribution in [0.1, 0.15) is 0 Å². The summed E-state index contributed by atoms with van der Waals surface area (Å²) in [4.78, 5) is 12.8. The van der Waals surface area contributed by atoms with Crippen molar-refractivity contribution >= 4 is 27.1 Å². The van der Waals surface area contributed by atoms with E-state index in [0.717, 1.165) is 21.7 Å². The first kappa shape index (κ1) is 12.0. The molecule has 21 heavy (non-hydrogen) atoms. The number of aromatic nitrogens is 1. The van der Waals surface area contributed by atoms with Crippen molar-refractivity contribution in [3.8, 4) is 5.75 Å². The van der Waals surface area contributed by atoms with Gasteiger partial charge >= 0.3 is 0 Å². The fourth-order valence-corrected chi connectivity index (χ4v) is 2.90. The number of pyridine rings is 2. The molecule has 0 spiro atoms. The molecule has 3 nitrogen and oxygen atoms in total. The van der Waals surface area contributed by atoms with Crippen LogP contribution in [0, 0.1) is 0 Å². The normalized spacial score (nSPS) is 11.3. The van der Waals surface area contributed by atoms with Crippen LogP contribution in [-0.2, 0) is 0 Å². The van der Waals surface area contributed by atoms with E-state index in [4.69, 9.17) is 4.74 Å². The van der Waals surface area contributed by atoms with Gasteiger partial charge in [-0.05, 0) is 29.0 Å². The van der Waals surface area contributed by atoms with E-state index in [1.807, 2.05) is 54.7 Å². The number of hydrogen-bond acceptors (Lipinski definition) is 2. The number of methoxy groups -OCH3 is 1.